The van der Waals surface area contributed by atoms with Crippen LogP contribution in [-0.2, 0) is 19.4 Å². The lowest BCUT2D eigenvalue weighted by Gasteiger charge is -2.45. The number of amides is 1. The summed E-state index contributed by atoms with van der Waals surface area (Å²) < 4.78 is 8.56. The first-order valence-electron chi connectivity index (χ1n) is 10.1. The van der Waals surface area contributed by atoms with E-state index in [0.29, 0.717) is 18.2 Å². The third-order valence-electron chi connectivity index (χ3n) is 6.16. The zero-order chi connectivity index (χ0) is 20.9. The molecular weight excluding hydrogens is 430 g/mol. The number of nitrogens with zero attached hydrogens (tertiary/aromatic N) is 3. The number of carbonyl (C=O) groups is 1. The van der Waals surface area contributed by atoms with Gasteiger partial charge in [-0.1, -0.05) is 13.8 Å². The number of nitriles is 1. The van der Waals surface area contributed by atoms with Gasteiger partial charge in [0.05, 0.1) is 23.3 Å². The van der Waals surface area contributed by atoms with Crippen LogP contribution in [0.4, 0.5) is 0 Å². The van der Waals surface area contributed by atoms with E-state index in [2.05, 4.69) is 58.6 Å². The molecule has 152 valence electrons. The van der Waals surface area contributed by atoms with Gasteiger partial charge in [-0.25, -0.2) is 0 Å². The highest BCUT2D eigenvalue weighted by molar-refractivity contribution is 9.10. The fourth-order valence-electron chi connectivity index (χ4n) is 4.48. The zero-order valence-electron chi connectivity index (χ0n) is 17.4. The summed E-state index contributed by atoms with van der Waals surface area (Å²) in [7, 11) is 1.68. The summed E-state index contributed by atoms with van der Waals surface area (Å²) in [4.78, 5) is 15.1. The van der Waals surface area contributed by atoms with E-state index in [4.69, 9.17) is 4.74 Å². The third kappa shape index (κ3) is 3.16. The number of carbonyl (C=O) groups excluding carboxylic acids is 1. The maximum Gasteiger partial charge on any atom is 0.271 e. The van der Waals surface area contributed by atoms with E-state index in [1.165, 1.54) is 11.1 Å². The van der Waals surface area contributed by atoms with Crippen molar-refractivity contribution in [2.24, 2.45) is 5.92 Å². The molecule has 0 radical (unpaired) electrons. The Hall–Kier alpha value is -2.26. The molecule has 3 heterocycles. The van der Waals surface area contributed by atoms with Crippen LogP contribution < -0.4 is 4.74 Å². The highest BCUT2D eigenvalue weighted by Gasteiger charge is 2.45. The van der Waals surface area contributed by atoms with Gasteiger partial charge in [0, 0.05) is 25.1 Å². The van der Waals surface area contributed by atoms with Gasteiger partial charge in [0.25, 0.3) is 5.91 Å². The van der Waals surface area contributed by atoms with Gasteiger partial charge in [-0.15, -0.1) is 0 Å². The van der Waals surface area contributed by atoms with Crippen molar-refractivity contribution in [2.45, 2.75) is 52.1 Å². The number of rotatable bonds is 4. The summed E-state index contributed by atoms with van der Waals surface area (Å²) in [5.41, 5.74) is 4.74. The van der Waals surface area contributed by atoms with E-state index in [0.717, 1.165) is 47.3 Å². The van der Waals surface area contributed by atoms with Gasteiger partial charge in [-0.2, -0.15) is 5.26 Å². The first-order chi connectivity index (χ1) is 13.8. The molecule has 6 heteroatoms. The monoisotopic (exact) mass is 455 g/mol. The van der Waals surface area contributed by atoms with Crippen LogP contribution in [0.2, 0.25) is 0 Å². The van der Waals surface area contributed by atoms with Crippen molar-refractivity contribution in [2.75, 3.05) is 13.7 Å². The molecule has 1 fully saturated rings. The summed E-state index contributed by atoms with van der Waals surface area (Å²) in [6.07, 6.45) is 2.48. The van der Waals surface area contributed by atoms with Crippen LogP contribution in [0.25, 0.3) is 11.3 Å². The van der Waals surface area contributed by atoms with Gasteiger partial charge in [0.2, 0.25) is 0 Å². The Bertz CT molecular complexity index is 1030. The van der Waals surface area contributed by atoms with Crippen LogP contribution in [0, 0.1) is 17.2 Å². The second-order valence-electron chi connectivity index (χ2n) is 8.64. The summed E-state index contributed by atoms with van der Waals surface area (Å²) in [6.45, 7) is 7.64. The van der Waals surface area contributed by atoms with Crippen molar-refractivity contribution in [3.05, 3.63) is 39.5 Å². The van der Waals surface area contributed by atoms with Crippen molar-refractivity contribution >= 4 is 21.8 Å². The minimum absolute atomic E-state index is 0.0346. The molecule has 0 saturated carbocycles. The van der Waals surface area contributed by atoms with Crippen LogP contribution in [0.5, 0.6) is 5.75 Å². The molecule has 0 N–H and O–H groups in total. The smallest absolute Gasteiger partial charge is 0.271 e. The van der Waals surface area contributed by atoms with Gasteiger partial charge in [-0.3, -0.25) is 4.79 Å². The topological polar surface area (TPSA) is 58.3 Å². The Labute approximate surface area is 180 Å². The van der Waals surface area contributed by atoms with Crippen molar-refractivity contribution in [1.29, 1.82) is 5.26 Å². The van der Waals surface area contributed by atoms with Crippen molar-refractivity contribution in [1.82, 2.24) is 9.47 Å². The van der Waals surface area contributed by atoms with Crippen LogP contribution in [0.15, 0.2) is 22.7 Å². The average molecular weight is 456 g/mol. The minimum atomic E-state index is -0.691. The van der Waals surface area contributed by atoms with E-state index in [-0.39, 0.29) is 5.91 Å². The molecule has 0 spiro atoms. The molecule has 1 saturated heterocycles. The number of halogens is 1. The Morgan fingerprint density at radius 1 is 1.34 bits per heavy atom. The Morgan fingerprint density at radius 3 is 2.69 bits per heavy atom. The quantitative estimate of drug-likeness (QED) is 0.664. The van der Waals surface area contributed by atoms with Crippen LogP contribution in [0.3, 0.4) is 0 Å². The third-order valence-corrected chi connectivity index (χ3v) is 6.78. The standard InChI is InChI=1S/C23H26BrN3O2/c1-14(2)9-16-10-19(22(28)27-8-6-23(27,3)13-25)26-7-5-15-11-20(29-4)18(24)12-17(15)21(16)26/h10-12,14H,5-9H2,1-4H3/t23-/m1/s1. The number of ether oxygens (including phenoxy) is 1. The number of hydrogen-bond donors (Lipinski definition) is 0. The maximum absolute atomic E-state index is 13.4. The van der Waals surface area contributed by atoms with Crippen molar-refractivity contribution in [3.8, 4) is 23.1 Å². The Balaban J connectivity index is 1.85. The normalized spacial score (nSPS) is 20.0. The largest absolute Gasteiger partial charge is 0.496 e. The highest BCUT2D eigenvalue weighted by Crippen LogP contribution is 2.41. The summed E-state index contributed by atoms with van der Waals surface area (Å²) >= 11 is 3.62. The SMILES string of the molecule is COc1cc2c(cc1Br)-c1c(CC(C)C)cc(C(=O)N3CC[C@]3(C)C#N)n1CC2. The lowest BCUT2D eigenvalue weighted by Crippen LogP contribution is -2.59. The van der Waals surface area contributed by atoms with E-state index in [1.807, 2.05) is 6.92 Å². The Kier molecular flexibility index (Phi) is 4.98. The Morgan fingerprint density at radius 2 is 2.10 bits per heavy atom. The molecule has 1 atom stereocenters. The summed E-state index contributed by atoms with van der Waals surface area (Å²) in [6, 6.07) is 8.57. The maximum atomic E-state index is 13.4. The predicted molar refractivity (Wildman–Crippen MR) is 116 cm³/mol. The van der Waals surface area contributed by atoms with Gasteiger partial charge >= 0.3 is 0 Å². The minimum Gasteiger partial charge on any atom is -0.496 e. The number of methoxy groups -OCH3 is 1. The molecule has 2 aliphatic heterocycles. The lowest BCUT2D eigenvalue weighted by molar-refractivity contribution is 0.0294. The molecule has 0 unspecified atom stereocenters. The molecule has 0 aliphatic carbocycles. The fraction of sp³-hybridized carbons (Fsp3) is 0.478. The van der Waals surface area contributed by atoms with Crippen molar-refractivity contribution < 1.29 is 9.53 Å². The second kappa shape index (κ2) is 7.21. The predicted octanol–water partition coefficient (Wildman–Crippen LogP) is 4.81. The van der Waals surface area contributed by atoms with Crippen LogP contribution in [0.1, 0.15) is 48.8 Å². The number of aryl methyl sites for hydroxylation is 1. The van der Waals surface area contributed by atoms with Gasteiger partial charge in [-0.05, 0) is 70.9 Å². The number of hydrogen-bond acceptors (Lipinski definition) is 3. The summed E-state index contributed by atoms with van der Waals surface area (Å²) in [5.74, 6) is 1.27. The molecule has 2 aromatic rings. The van der Waals surface area contributed by atoms with E-state index in [1.54, 1.807) is 12.0 Å². The molecule has 29 heavy (non-hydrogen) atoms. The van der Waals surface area contributed by atoms with Crippen LogP contribution >= 0.6 is 15.9 Å². The average Bonchev–Trinajstić information content (AvgIpc) is 3.04. The zero-order valence-corrected chi connectivity index (χ0v) is 19.0. The lowest BCUT2D eigenvalue weighted by atomic mass is 9.88. The van der Waals surface area contributed by atoms with E-state index < -0.39 is 5.54 Å². The number of benzene rings is 1. The molecule has 1 aromatic carbocycles. The second-order valence-corrected chi connectivity index (χ2v) is 9.49. The van der Waals surface area contributed by atoms with Crippen molar-refractivity contribution in [3.63, 3.8) is 0 Å². The summed E-state index contributed by atoms with van der Waals surface area (Å²) in [5, 5.41) is 9.52. The van der Waals surface area contributed by atoms with Crippen LogP contribution in [-0.4, -0.2) is 34.6 Å². The first-order valence-corrected chi connectivity index (χ1v) is 10.9. The van der Waals surface area contributed by atoms with E-state index >= 15 is 0 Å². The molecule has 1 amide bonds. The van der Waals surface area contributed by atoms with Gasteiger partial charge in [0.15, 0.2) is 0 Å². The number of likely N-dealkylation sites (tertiary alicyclic amines) is 1. The van der Waals surface area contributed by atoms with Gasteiger partial charge in [0.1, 0.15) is 17.0 Å². The first kappa shape index (κ1) is 20.0. The van der Waals surface area contributed by atoms with Gasteiger partial charge < -0.3 is 14.2 Å². The molecule has 4 rings (SSSR count). The van der Waals surface area contributed by atoms with E-state index in [9.17, 15) is 10.1 Å². The molecule has 2 aliphatic rings. The molecule has 5 nitrogen and oxygen atoms in total. The molecule has 1 aromatic heterocycles. The highest BCUT2D eigenvalue weighted by atomic mass is 79.9. The molecular formula is C23H26BrN3O2. The number of aromatic nitrogens is 1. The molecule has 0 bridgehead atoms. The number of fused-ring (bicyclic) bond motifs is 3. The fourth-order valence-corrected chi connectivity index (χ4v) is 4.98.